The summed E-state index contributed by atoms with van der Waals surface area (Å²) in [6.07, 6.45) is 2.68. The molecule has 1 N–H and O–H groups in total. The molecule has 0 fully saturated rings. The minimum Gasteiger partial charge on any atom is -0.486 e. The molecule has 19 heavy (non-hydrogen) atoms. The number of carbonyl (C=O) groups excluding carboxylic acids is 1. The highest BCUT2D eigenvalue weighted by Gasteiger charge is 2.16. The maximum absolute atomic E-state index is 11.9. The quantitative estimate of drug-likeness (QED) is 0.864. The molecule has 1 aromatic carbocycles. The molecule has 0 atom stereocenters. The minimum atomic E-state index is -0.166. The number of anilines is 1. The molecule has 0 bridgehead atoms. The molecule has 1 aliphatic rings. The smallest absolute Gasteiger partial charge is 0.251 e. The first-order valence-electron chi connectivity index (χ1n) is 6.19. The van der Waals surface area contributed by atoms with Gasteiger partial charge in [-0.2, -0.15) is 0 Å². The molecule has 1 aliphatic heterocycles. The fraction of sp³-hybridized carbons (Fsp3) is 0.357. The van der Waals surface area contributed by atoms with Gasteiger partial charge in [-0.05, 0) is 13.3 Å². The molecule has 1 aromatic rings. The van der Waals surface area contributed by atoms with E-state index in [0.717, 1.165) is 6.42 Å². The number of allylic oxidation sites excluding steroid dienone is 1. The van der Waals surface area contributed by atoms with Gasteiger partial charge in [0, 0.05) is 17.7 Å². The topological polar surface area (TPSA) is 47.6 Å². The van der Waals surface area contributed by atoms with Crippen molar-refractivity contribution >= 4 is 23.2 Å². The van der Waals surface area contributed by atoms with E-state index >= 15 is 0 Å². The molecular formula is C14H16ClNO3. The second-order valence-corrected chi connectivity index (χ2v) is 4.63. The van der Waals surface area contributed by atoms with Gasteiger partial charge in [0.15, 0.2) is 11.5 Å². The van der Waals surface area contributed by atoms with E-state index in [0.29, 0.717) is 41.0 Å². The van der Waals surface area contributed by atoms with Crippen molar-refractivity contribution < 1.29 is 14.3 Å². The predicted octanol–water partition coefficient (Wildman–Crippen LogP) is 3.41. The molecule has 1 amide bonds. The van der Waals surface area contributed by atoms with Crippen LogP contribution in [0.25, 0.3) is 0 Å². The van der Waals surface area contributed by atoms with Crippen LogP contribution in [0.3, 0.4) is 0 Å². The normalized spacial score (nSPS) is 14.2. The molecule has 0 saturated heterocycles. The third-order valence-corrected chi connectivity index (χ3v) is 3.06. The van der Waals surface area contributed by atoms with Crippen molar-refractivity contribution in [1.82, 2.24) is 0 Å². The van der Waals surface area contributed by atoms with Crippen LogP contribution in [0.5, 0.6) is 11.5 Å². The lowest BCUT2D eigenvalue weighted by Crippen LogP contribution is -2.17. The molecule has 0 spiro atoms. The second-order valence-electron chi connectivity index (χ2n) is 4.23. The van der Waals surface area contributed by atoms with Gasteiger partial charge < -0.3 is 14.8 Å². The summed E-state index contributed by atoms with van der Waals surface area (Å²) in [4.78, 5) is 11.9. The highest BCUT2D eigenvalue weighted by atomic mass is 35.5. The zero-order chi connectivity index (χ0) is 13.8. The van der Waals surface area contributed by atoms with Crippen LogP contribution in [0.15, 0.2) is 23.8 Å². The van der Waals surface area contributed by atoms with E-state index in [1.165, 1.54) is 0 Å². The number of carbonyl (C=O) groups is 1. The number of rotatable bonds is 3. The first-order chi connectivity index (χ1) is 9.11. The molecule has 0 saturated carbocycles. The molecule has 102 valence electrons. The lowest BCUT2D eigenvalue weighted by molar-refractivity contribution is -0.112. The van der Waals surface area contributed by atoms with Crippen LogP contribution in [-0.2, 0) is 4.79 Å². The number of benzene rings is 1. The summed E-state index contributed by atoms with van der Waals surface area (Å²) in [5.41, 5.74) is 1.19. The monoisotopic (exact) mass is 281 g/mol. The predicted molar refractivity (Wildman–Crippen MR) is 75.1 cm³/mol. The van der Waals surface area contributed by atoms with E-state index in [-0.39, 0.29) is 5.91 Å². The number of halogens is 1. The molecule has 2 rings (SSSR count). The zero-order valence-electron chi connectivity index (χ0n) is 11.0. The number of amides is 1. The van der Waals surface area contributed by atoms with Gasteiger partial charge in [-0.25, -0.2) is 0 Å². The summed E-state index contributed by atoms with van der Waals surface area (Å²) in [6.45, 7) is 4.75. The first-order valence-corrected chi connectivity index (χ1v) is 6.57. The van der Waals surface area contributed by atoms with Crippen LogP contribution in [-0.4, -0.2) is 19.1 Å². The maximum atomic E-state index is 11.9. The third-order valence-electron chi connectivity index (χ3n) is 2.75. The Morgan fingerprint density at radius 1 is 1.37 bits per heavy atom. The van der Waals surface area contributed by atoms with E-state index in [2.05, 4.69) is 5.32 Å². The van der Waals surface area contributed by atoms with Crippen molar-refractivity contribution in [2.45, 2.75) is 20.3 Å². The summed E-state index contributed by atoms with van der Waals surface area (Å²) in [7, 11) is 0. The van der Waals surface area contributed by atoms with Crippen molar-refractivity contribution in [1.29, 1.82) is 0 Å². The molecule has 0 aliphatic carbocycles. The molecule has 0 unspecified atom stereocenters. The lowest BCUT2D eigenvalue weighted by Gasteiger charge is -2.20. The Bertz CT molecular complexity index is 526. The largest absolute Gasteiger partial charge is 0.486 e. The van der Waals surface area contributed by atoms with Crippen LogP contribution in [0.4, 0.5) is 5.69 Å². The van der Waals surface area contributed by atoms with Gasteiger partial charge in [0.05, 0.1) is 10.7 Å². The highest BCUT2D eigenvalue weighted by Crippen LogP contribution is 2.38. The minimum absolute atomic E-state index is 0.166. The molecular weight excluding hydrogens is 266 g/mol. The average Bonchev–Trinajstić information content (AvgIpc) is 2.39. The van der Waals surface area contributed by atoms with Crippen molar-refractivity contribution in [2.24, 2.45) is 0 Å². The van der Waals surface area contributed by atoms with Crippen molar-refractivity contribution in [3.05, 3.63) is 28.8 Å². The van der Waals surface area contributed by atoms with Gasteiger partial charge in [0.2, 0.25) is 0 Å². The van der Waals surface area contributed by atoms with Gasteiger partial charge in [0.25, 0.3) is 5.91 Å². The van der Waals surface area contributed by atoms with Gasteiger partial charge in [0.1, 0.15) is 13.2 Å². The summed E-state index contributed by atoms with van der Waals surface area (Å²) in [6, 6.07) is 3.35. The van der Waals surface area contributed by atoms with Crippen LogP contribution >= 0.6 is 11.6 Å². The maximum Gasteiger partial charge on any atom is 0.251 e. The van der Waals surface area contributed by atoms with Crippen molar-refractivity contribution in [3.63, 3.8) is 0 Å². The molecule has 0 aromatic heterocycles. The fourth-order valence-corrected chi connectivity index (χ4v) is 1.98. The fourth-order valence-electron chi connectivity index (χ4n) is 1.78. The Morgan fingerprint density at radius 2 is 2.00 bits per heavy atom. The Morgan fingerprint density at radius 3 is 2.63 bits per heavy atom. The van der Waals surface area contributed by atoms with Crippen molar-refractivity contribution in [3.8, 4) is 11.5 Å². The summed E-state index contributed by atoms with van der Waals surface area (Å²) in [5.74, 6) is 1.04. The number of hydrogen-bond acceptors (Lipinski definition) is 3. The molecule has 5 heteroatoms. The molecule has 0 radical (unpaired) electrons. The number of nitrogens with one attached hydrogen (secondary N) is 1. The SMILES string of the molecule is CC/C=C(/C)C(=O)Nc1cc2c(cc1Cl)OCCO2. The summed E-state index contributed by atoms with van der Waals surface area (Å²) >= 11 is 6.12. The average molecular weight is 282 g/mol. The highest BCUT2D eigenvalue weighted by molar-refractivity contribution is 6.34. The van der Waals surface area contributed by atoms with Crippen LogP contribution in [0.1, 0.15) is 20.3 Å². The standard InChI is InChI=1S/C14H16ClNO3/c1-3-4-9(2)14(17)16-11-8-13-12(7-10(11)15)18-5-6-19-13/h4,7-8H,3,5-6H2,1-2H3,(H,16,17)/b9-4-. The Labute approximate surface area is 117 Å². The molecule has 4 nitrogen and oxygen atoms in total. The third kappa shape index (κ3) is 3.20. The Kier molecular flexibility index (Phi) is 4.32. The van der Waals surface area contributed by atoms with Crippen molar-refractivity contribution in [2.75, 3.05) is 18.5 Å². The van der Waals surface area contributed by atoms with E-state index in [1.807, 2.05) is 13.0 Å². The summed E-state index contributed by atoms with van der Waals surface area (Å²) < 4.78 is 10.9. The number of hydrogen-bond donors (Lipinski definition) is 1. The van der Waals surface area contributed by atoms with E-state index in [9.17, 15) is 4.79 Å². The zero-order valence-corrected chi connectivity index (χ0v) is 11.7. The second kappa shape index (κ2) is 5.97. The van der Waals surface area contributed by atoms with E-state index < -0.39 is 0 Å². The Hall–Kier alpha value is -1.68. The lowest BCUT2D eigenvalue weighted by atomic mass is 10.2. The number of ether oxygens (including phenoxy) is 2. The summed E-state index contributed by atoms with van der Waals surface area (Å²) in [5, 5.41) is 3.20. The van der Waals surface area contributed by atoms with Gasteiger partial charge >= 0.3 is 0 Å². The van der Waals surface area contributed by atoms with Crippen LogP contribution in [0.2, 0.25) is 5.02 Å². The molecule has 1 heterocycles. The Balaban J connectivity index is 2.21. The number of fused-ring (bicyclic) bond motifs is 1. The van der Waals surface area contributed by atoms with Gasteiger partial charge in [-0.15, -0.1) is 0 Å². The van der Waals surface area contributed by atoms with Gasteiger partial charge in [-0.1, -0.05) is 24.6 Å². The van der Waals surface area contributed by atoms with Gasteiger partial charge in [-0.3, -0.25) is 4.79 Å². The van der Waals surface area contributed by atoms with Crippen LogP contribution in [0, 0.1) is 0 Å². The van der Waals surface area contributed by atoms with Crippen LogP contribution < -0.4 is 14.8 Å². The van der Waals surface area contributed by atoms with E-state index in [1.54, 1.807) is 19.1 Å². The van der Waals surface area contributed by atoms with E-state index in [4.69, 9.17) is 21.1 Å². The first kappa shape index (κ1) is 13.7.